The van der Waals surface area contributed by atoms with Crippen molar-refractivity contribution in [2.45, 2.75) is 18.3 Å². The molecular weight excluding hydrogens is 188 g/mol. The average Bonchev–Trinajstić information content (AvgIpc) is 2.90. The molecule has 1 N–H and O–H groups in total. The van der Waals surface area contributed by atoms with Crippen molar-refractivity contribution in [1.29, 1.82) is 0 Å². The van der Waals surface area contributed by atoms with Crippen molar-refractivity contribution in [3.63, 3.8) is 0 Å². The van der Waals surface area contributed by atoms with Gasteiger partial charge in [-0.05, 0) is 41.5 Å². The Kier molecular flexibility index (Phi) is 1.61. The van der Waals surface area contributed by atoms with Gasteiger partial charge in [0.1, 0.15) is 0 Å². The van der Waals surface area contributed by atoms with E-state index in [1.54, 1.807) is 19.0 Å². The summed E-state index contributed by atoms with van der Waals surface area (Å²) in [5.41, 5.74) is 3.84. The third-order valence-electron chi connectivity index (χ3n) is 3.33. The van der Waals surface area contributed by atoms with Crippen molar-refractivity contribution in [2.24, 2.45) is 0 Å². The summed E-state index contributed by atoms with van der Waals surface area (Å²) < 4.78 is 0. The predicted molar refractivity (Wildman–Crippen MR) is 59.2 cm³/mol. The fraction of sp³-hybridized carbons (Fsp3) is 0.417. The van der Waals surface area contributed by atoms with Crippen LogP contribution in [0, 0.1) is 0 Å². The van der Waals surface area contributed by atoms with Gasteiger partial charge in [-0.25, -0.2) is 4.79 Å². The van der Waals surface area contributed by atoms with E-state index >= 15 is 0 Å². The maximum atomic E-state index is 11.4. The van der Waals surface area contributed by atoms with E-state index in [9.17, 15) is 4.79 Å². The minimum absolute atomic E-state index is 0.0679. The molecule has 0 radical (unpaired) electrons. The van der Waals surface area contributed by atoms with E-state index < -0.39 is 0 Å². The molecule has 2 atom stereocenters. The highest BCUT2D eigenvalue weighted by atomic mass is 16.2. The molecule has 3 heteroatoms. The van der Waals surface area contributed by atoms with Crippen molar-refractivity contribution in [2.75, 3.05) is 19.4 Å². The summed E-state index contributed by atoms with van der Waals surface area (Å²) in [5, 5.41) is 2.87. The van der Waals surface area contributed by atoms with Crippen LogP contribution in [0.1, 0.15) is 29.4 Å². The van der Waals surface area contributed by atoms with Crippen molar-refractivity contribution in [3.05, 3.63) is 29.3 Å². The second-order valence-corrected chi connectivity index (χ2v) is 4.62. The van der Waals surface area contributed by atoms with Gasteiger partial charge in [0, 0.05) is 19.8 Å². The van der Waals surface area contributed by atoms with Gasteiger partial charge in [-0.3, -0.25) is 0 Å². The number of amides is 2. The quantitative estimate of drug-likeness (QED) is 0.745. The number of anilines is 1. The van der Waals surface area contributed by atoms with E-state index in [0.29, 0.717) is 0 Å². The minimum Gasteiger partial charge on any atom is -0.331 e. The number of carbonyl (C=O) groups is 1. The summed E-state index contributed by atoms with van der Waals surface area (Å²) in [6.07, 6.45) is 1.32. The highest BCUT2D eigenvalue weighted by Crippen LogP contribution is 2.66. The lowest BCUT2D eigenvalue weighted by Gasteiger charge is -2.19. The van der Waals surface area contributed by atoms with E-state index in [1.807, 2.05) is 6.07 Å². The smallest absolute Gasteiger partial charge is 0.321 e. The summed E-state index contributed by atoms with van der Waals surface area (Å²) in [4.78, 5) is 13.0. The lowest BCUT2D eigenvalue weighted by Crippen LogP contribution is -2.27. The van der Waals surface area contributed by atoms with Gasteiger partial charge in [0.15, 0.2) is 0 Å². The topological polar surface area (TPSA) is 32.3 Å². The van der Waals surface area contributed by atoms with Crippen LogP contribution in [0.3, 0.4) is 0 Å². The molecule has 1 aromatic rings. The number of hydrogen-bond acceptors (Lipinski definition) is 1. The van der Waals surface area contributed by atoms with Gasteiger partial charge in [0.05, 0.1) is 0 Å². The molecule has 2 unspecified atom stereocenters. The molecule has 0 spiro atoms. The van der Waals surface area contributed by atoms with Crippen LogP contribution < -0.4 is 5.32 Å². The maximum Gasteiger partial charge on any atom is 0.321 e. The van der Waals surface area contributed by atoms with Gasteiger partial charge in [-0.15, -0.1) is 0 Å². The van der Waals surface area contributed by atoms with Crippen LogP contribution >= 0.6 is 0 Å². The number of hydrogen-bond donors (Lipinski definition) is 1. The SMILES string of the molecule is CN(C)C(=O)Nc1ccc2c(c1)C1CC21. The van der Waals surface area contributed by atoms with Gasteiger partial charge in [-0.1, -0.05) is 6.07 Å². The van der Waals surface area contributed by atoms with Gasteiger partial charge in [-0.2, -0.15) is 0 Å². The number of nitrogens with zero attached hydrogens (tertiary/aromatic N) is 1. The van der Waals surface area contributed by atoms with Gasteiger partial charge in [0.2, 0.25) is 0 Å². The Hall–Kier alpha value is -1.51. The van der Waals surface area contributed by atoms with Crippen LogP contribution in [0.15, 0.2) is 18.2 Å². The number of urea groups is 1. The highest BCUT2D eigenvalue weighted by Gasteiger charge is 2.50. The molecule has 2 aliphatic rings. The fourth-order valence-electron chi connectivity index (χ4n) is 2.33. The molecule has 0 saturated heterocycles. The average molecular weight is 202 g/mol. The van der Waals surface area contributed by atoms with Crippen LogP contribution in [0.2, 0.25) is 0 Å². The van der Waals surface area contributed by atoms with E-state index in [4.69, 9.17) is 0 Å². The molecule has 0 aliphatic heterocycles. The Morgan fingerprint density at radius 1 is 1.33 bits per heavy atom. The van der Waals surface area contributed by atoms with Crippen molar-refractivity contribution in [3.8, 4) is 0 Å². The molecule has 3 rings (SSSR count). The fourth-order valence-corrected chi connectivity index (χ4v) is 2.33. The first-order valence-electron chi connectivity index (χ1n) is 5.29. The molecule has 15 heavy (non-hydrogen) atoms. The molecule has 1 saturated carbocycles. The first-order valence-corrected chi connectivity index (χ1v) is 5.29. The first kappa shape index (κ1) is 8.77. The Balaban J connectivity index is 1.80. The zero-order valence-corrected chi connectivity index (χ0v) is 8.95. The lowest BCUT2D eigenvalue weighted by atomic mass is 9.88. The van der Waals surface area contributed by atoms with Gasteiger partial charge >= 0.3 is 6.03 Å². The molecule has 78 valence electrons. The molecule has 2 aliphatic carbocycles. The van der Waals surface area contributed by atoms with E-state index in [1.165, 1.54) is 17.5 Å². The van der Waals surface area contributed by atoms with E-state index in [-0.39, 0.29) is 6.03 Å². The molecule has 0 heterocycles. The Morgan fingerprint density at radius 2 is 2.07 bits per heavy atom. The summed E-state index contributed by atoms with van der Waals surface area (Å²) in [6.45, 7) is 0. The van der Waals surface area contributed by atoms with E-state index in [0.717, 1.165) is 17.5 Å². The van der Waals surface area contributed by atoms with Crippen molar-refractivity contribution < 1.29 is 4.79 Å². The predicted octanol–water partition coefficient (Wildman–Crippen LogP) is 2.36. The molecule has 0 bridgehead atoms. The molecule has 3 nitrogen and oxygen atoms in total. The monoisotopic (exact) mass is 202 g/mol. The number of benzene rings is 1. The van der Waals surface area contributed by atoms with Crippen molar-refractivity contribution >= 4 is 11.7 Å². The minimum atomic E-state index is -0.0679. The molecule has 0 aromatic heterocycles. The Labute approximate surface area is 89.1 Å². The second kappa shape index (κ2) is 2.75. The second-order valence-electron chi connectivity index (χ2n) is 4.62. The zero-order valence-electron chi connectivity index (χ0n) is 8.95. The molecule has 2 amide bonds. The normalized spacial score (nSPS) is 24.7. The van der Waals surface area contributed by atoms with Crippen LogP contribution in [-0.4, -0.2) is 25.0 Å². The Morgan fingerprint density at radius 3 is 2.80 bits per heavy atom. The maximum absolute atomic E-state index is 11.4. The number of rotatable bonds is 1. The number of fused-ring (bicyclic) bond motifs is 4. The van der Waals surface area contributed by atoms with Crippen LogP contribution in [0.25, 0.3) is 0 Å². The zero-order chi connectivity index (χ0) is 10.6. The first-order chi connectivity index (χ1) is 7.16. The standard InChI is InChI=1S/C12H14N2O/c1-14(2)12(15)13-7-3-4-8-9(5-7)11-6-10(8)11/h3-5,10-11H,6H2,1-2H3,(H,13,15). The lowest BCUT2D eigenvalue weighted by molar-refractivity contribution is 0.230. The van der Waals surface area contributed by atoms with Crippen LogP contribution in [-0.2, 0) is 0 Å². The summed E-state index contributed by atoms with van der Waals surface area (Å²) in [5.74, 6) is 1.65. The number of nitrogens with one attached hydrogen (secondary N) is 1. The summed E-state index contributed by atoms with van der Waals surface area (Å²) >= 11 is 0. The number of carbonyl (C=O) groups excluding carboxylic acids is 1. The van der Waals surface area contributed by atoms with Crippen LogP contribution in [0.5, 0.6) is 0 Å². The molecule has 1 aromatic carbocycles. The van der Waals surface area contributed by atoms with Gasteiger partial charge < -0.3 is 10.2 Å². The summed E-state index contributed by atoms with van der Waals surface area (Å²) in [7, 11) is 3.49. The largest absolute Gasteiger partial charge is 0.331 e. The van der Waals surface area contributed by atoms with Crippen molar-refractivity contribution in [1.82, 2.24) is 4.90 Å². The highest BCUT2D eigenvalue weighted by molar-refractivity contribution is 5.89. The summed E-state index contributed by atoms with van der Waals surface area (Å²) in [6, 6.07) is 6.19. The molecule has 1 fully saturated rings. The van der Waals surface area contributed by atoms with E-state index in [2.05, 4.69) is 17.4 Å². The van der Waals surface area contributed by atoms with Gasteiger partial charge in [0.25, 0.3) is 0 Å². The third-order valence-corrected chi connectivity index (χ3v) is 3.33. The van der Waals surface area contributed by atoms with Crippen LogP contribution in [0.4, 0.5) is 10.5 Å². The molecular formula is C12H14N2O. The Bertz CT molecular complexity index is 439. The third kappa shape index (κ3) is 1.23.